The Morgan fingerprint density at radius 3 is 2.44 bits per heavy atom. The van der Waals surface area contributed by atoms with E-state index >= 15 is 0 Å². The van der Waals surface area contributed by atoms with Crippen molar-refractivity contribution >= 4 is 11.9 Å². The Bertz CT molecular complexity index is 403. The maximum absolute atomic E-state index is 5.10. The smallest absolute Gasteiger partial charge is 0.322 e. The summed E-state index contributed by atoms with van der Waals surface area (Å²) < 4.78 is 5.10. The number of aromatic nitrogens is 3. The van der Waals surface area contributed by atoms with Gasteiger partial charge in [-0.3, -0.25) is 0 Å². The average Bonchev–Trinajstić information content (AvgIpc) is 2.75. The lowest BCUT2D eigenvalue weighted by Crippen LogP contribution is -2.32. The Balaban J connectivity index is 2.17. The first-order chi connectivity index (χ1) is 8.65. The summed E-state index contributed by atoms with van der Waals surface area (Å²) in [7, 11) is 1.56. The predicted molar refractivity (Wildman–Crippen MR) is 71.0 cm³/mol. The molecule has 100 valence electrons. The van der Waals surface area contributed by atoms with Crippen LogP contribution in [0.5, 0.6) is 6.01 Å². The minimum Gasteiger partial charge on any atom is -0.467 e. The molecule has 0 amide bonds. The van der Waals surface area contributed by atoms with E-state index in [2.05, 4.69) is 32.5 Å². The van der Waals surface area contributed by atoms with Gasteiger partial charge in [0.2, 0.25) is 11.9 Å². The van der Waals surface area contributed by atoms with Gasteiger partial charge in [0.05, 0.1) is 7.11 Å². The van der Waals surface area contributed by atoms with Gasteiger partial charge < -0.3 is 15.4 Å². The topological polar surface area (TPSA) is 72.0 Å². The molecule has 6 nitrogen and oxygen atoms in total. The summed E-state index contributed by atoms with van der Waals surface area (Å²) in [6.45, 7) is 4.98. The van der Waals surface area contributed by atoms with Crippen LogP contribution in [0, 0.1) is 0 Å². The number of methoxy groups -OCH3 is 1. The zero-order valence-electron chi connectivity index (χ0n) is 11.3. The lowest BCUT2D eigenvalue weighted by Gasteiger charge is -2.25. The van der Waals surface area contributed by atoms with Crippen molar-refractivity contribution in [2.45, 2.75) is 45.1 Å². The molecule has 1 heterocycles. The van der Waals surface area contributed by atoms with Gasteiger partial charge in [-0.05, 0) is 26.7 Å². The van der Waals surface area contributed by atoms with Gasteiger partial charge in [0.1, 0.15) is 0 Å². The molecule has 0 unspecified atom stereocenters. The minimum absolute atomic E-state index is 0.0931. The quantitative estimate of drug-likeness (QED) is 0.834. The Hall–Kier alpha value is -1.59. The highest BCUT2D eigenvalue weighted by molar-refractivity contribution is 5.38. The summed E-state index contributed by atoms with van der Waals surface area (Å²) in [4.78, 5) is 12.7. The SMILES string of the molecule is CCNc1nc(NC2(C)CCCC2)nc(OC)n1. The third-order valence-electron chi connectivity index (χ3n) is 3.25. The molecule has 1 fully saturated rings. The molecule has 0 atom stereocenters. The first-order valence-corrected chi connectivity index (χ1v) is 6.47. The zero-order chi connectivity index (χ0) is 13.0. The molecule has 6 heteroatoms. The number of ether oxygens (including phenoxy) is 1. The molecule has 0 saturated heterocycles. The molecule has 1 saturated carbocycles. The first kappa shape index (κ1) is 12.9. The van der Waals surface area contributed by atoms with Crippen LogP contribution in [0.1, 0.15) is 39.5 Å². The molecule has 0 bridgehead atoms. The Morgan fingerprint density at radius 2 is 1.83 bits per heavy atom. The predicted octanol–water partition coefficient (Wildman–Crippen LogP) is 2.06. The van der Waals surface area contributed by atoms with E-state index in [9.17, 15) is 0 Å². The van der Waals surface area contributed by atoms with Crippen LogP contribution in [0.15, 0.2) is 0 Å². The molecule has 0 aliphatic heterocycles. The second-order valence-electron chi connectivity index (χ2n) is 4.89. The lowest BCUT2D eigenvalue weighted by molar-refractivity contribution is 0.378. The standard InChI is InChI=1S/C12H21N5O/c1-4-13-9-14-10(16-11(15-9)18-3)17-12(2)7-5-6-8-12/h4-8H2,1-3H3,(H2,13,14,15,16,17). The summed E-state index contributed by atoms with van der Waals surface area (Å²) in [5.74, 6) is 1.13. The van der Waals surface area contributed by atoms with Gasteiger partial charge in [-0.25, -0.2) is 0 Å². The Kier molecular flexibility index (Phi) is 3.84. The molecule has 1 aliphatic carbocycles. The van der Waals surface area contributed by atoms with Gasteiger partial charge in [0, 0.05) is 12.1 Å². The van der Waals surface area contributed by atoms with Crippen molar-refractivity contribution in [3.05, 3.63) is 0 Å². The highest BCUT2D eigenvalue weighted by Gasteiger charge is 2.29. The fourth-order valence-electron chi connectivity index (χ4n) is 2.29. The van der Waals surface area contributed by atoms with E-state index in [0.29, 0.717) is 17.9 Å². The van der Waals surface area contributed by atoms with Crippen molar-refractivity contribution in [3.8, 4) is 6.01 Å². The summed E-state index contributed by atoms with van der Waals surface area (Å²) in [5, 5.41) is 6.49. The molecule has 1 aliphatic rings. The monoisotopic (exact) mass is 251 g/mol. The highest BCUT2D eigenvalue weighted by atomic mass is 16.5. The maximum Gasteiger partial charge on any atom is 0.322 e. The van der Waals surface area contributed by atoms with Crippen molar-refractivity contribution < 1.29 is 4.74 Å². The molecule has 0 spiro atoms. The lowest BCUT2D eigenvalue weighted by atomic mass is 10.0. The summed E-state index contributed by atoms with van der Waals surface area (Å²) in [6.07, 6.45) is 4.81. The van der Waals surface area contributed by atoms with Crippen molar-refractivity contribution in [2.24, 2.45) is 0 Å². The van der Waals surface area contributed by atoms with Gasteiger partial charge in [-0.1, -0.05) is 12.8 Å². The molecule has 1 aromatic rings. The van der Waals surface area contributed by atoms with Crippen LogP contribution in [0.4, 0.5) is 11.9 Å². The number of hydrogen-bond donors (Lipinski definition) is 2. The van der Waals surface area contributed by atoms with Crippen LogP contribution < -0.4 is 15.4 Å². The van der Waals surface area contributed by atoms with Gasteiger partial charge in [-0.15, -0.1) is 0 Å². The fourth-order valence-corrected chi connectivity index (χ4v) is 2.29. The molecule has 0 aromatic carbocycles. The van der Waals surface area contributed by atoms with Crippen molar-refractivity contribution in [2.75, 3.05) is 24.3 Å². The van der Waals surface area contributed by atoms with Crippen LogP contribution in [0.25, 0.3) is 0 Å². The maximum atomic E-state index is 5.10. The van der Waals surface area contributed by atoms with Crippen LogP contribution in [-0.2, 0) is 0 Å². The molecule has 2 N–H and O–H groups in total. The van der Waals surface area contributed by atoms with E-state index < -0.39 is 0 Å². The van der Waals surface area contributed by atoms with E-state index in [1.807, 2.05) is 6.92 Å². The second kappa shape index (κ2) is 5.37. The Labute approximate surface area is 108 Å². The normalized spacial score (nSPS) is 17.5. The number of hydrogen-bond acceptors (Lipinski definition) is 6. The van der Waals surface area contributed by atoms with Crippen molar-refractivity contribution in [1.82, 2.24) is 15.0 Å². The van der Waals surface area contributed by atoms with Gasteiger partial charge in [0.25, 0.3) is 0 Å². The highest BCUT2D eigenvalue weighted by Crippen LogP contribution is 2.31. The summed E-state index contributed by atoms with van der Waals surface area (Å²) >= 11 is 0. The Morgan fingerprint density at radius 1 is 1.17 bits per heavy atom. The molecule has 18 heavy (non-hydrogen) atoms. The van der Waals surface area contributed by atoms with Gasteiger partial charge in [0.15, 0.2) is 0 Å². The molecule has 0 radical (unpaired) electrons. The van der Waals surface area contributed by atoms with Crippen LogP contribution in [0.3, 0.4) is 0 Å². The van der Waals surface area contributed by atoms with Crippen molar-refractivity contribution in [1.29, 1.82) is 0 Å². The third-order valence-corrected chi connectivity index (χ3v) is 3.25. The number of nitrogens with zero attached hydrogens (tertiary/aromatic N) is 3. The van der Waals surface area contributed by atoms with Gasteiger partial charge >= 0.3 is 6.01 Å². The molecule has 2 rings (SSSR count). The summed E-state index contributed by atoms with van der Waals surface area (Å²) in [6, 6.07) is 0.338. The minimum atomic E-state index is 0.0931. The largest absolute Gasteiger partial charge is 0.467 e. The summed E-state index contributed by atoms with van der Waals surface area (Å²) in [5.41, 5.74) is 0.0931. The van der Waals surface area contributed by atoms with E-state index in [-0.39, 0.29) is 5.54 Å². The van der Waals surface area contributed by atoms with E-state index in [4.69, 9.17) is 4.74 Å². The first-order valence-electron chi connectivity index (χ1n) is 6.47. The molecular formula is C12H21N5O. The number of anilines is 2. The number of rotatable bonds is 5. The van der Waals surface area contributed by atoms with Crippen LogP contribution in [-0.4, -0.2) is 34.1 Å². The molecular weight excluding hydrogens is 230 g/mol. The third kappa shape index (κ3) is 3.00. The molecule has 1 aromatic heterocycles. The number of nitrogens with one attached hydrogen (secondary N) is 2. The van der Waals surface area contributed by atoms with Crippen molar-refractivity contribution in [3.63, 3.8) is 0 Å². The second-order valence-corrected chi connectivity index (χ2v) is 4.89. The van der Waals surface area contributed by atoms with E-state index in [0.717, 1.165) is 19.4 Å². The van der Waals surface area contributed by atoms with Crippen LogP contribution >= 0.6 is 0 Å². The van der Waals surface area contributed by atoms with E-state index in [1.54, 1.807) is 7.11 Å². The average molecular weight is 251 g/mol. The zero-order valence-corrected chi connectivity index (χ0v) is 11.3. The van der Waals surface area contributed by atoms with Crippen LogP contribution in [0.2, 0.25) is 0 Å². The van der Waals surface area contributed by atoms with Gasteiger partial charge in [-0.2, -0.15) is 15.0 Å². The van der Waals surface area contributed by atoms with E-state index in [1.165, 1.54) is 12.8 Å². The fraction of sp³-hybridized carbons (Fsp3) is 0.750.